The Balaban J connectivity index is 2.58. The molecule has 2 amide bonds. The zero-order valence-electron chi connectivity index (χ0n) is 10.4. The number of hydrogen-bond donors (Lipinski definition) is 2. The van der Waals surface area contributed by atoms with Gasteiger partial charge in [0.1, 0.15) is 5.75 Å². The molecule has 6 nitrogen and oxygen atoms in total. The average Bonchev–Trinajstić information content (AvgIpc) is 2.28. The summed E-state index contributed by atoms with van der Waals surface area (Å²) in [6.45, 7) is 1.57. The van der Waals surface area contributed by atoms with Crippen molar-refractivity contribution < 1.29 is 19.2 Å². The Morgan fingerprint density at radius 2 is 2.11 bits per heavy atom. The van der Waals surface area contributed by atoms with Crippen molar-refractivity contribution in [2.45, 2.75) is 13.3 Å². The first-order chi connectivity index (χ1) is 8.52. The molecule has 0 aliphatic heterocycles. The largest absolute Gasteiger partial charge is 0.496 e. The van der Waals surface area contributed by atoms with Crippen LogP contribution in [0.1, 0.15) is 11.1 Å². The van der Waals surface area contributed by atoms with Gasteiger partial charge >= 0.3 is 0 Å². The summed E-state index contributed by atoms with van der Waals surface area (Å²) in [7, 11) is 1.54. The lowest BCUT2D eigenvalue weighted by molar-refractivity contribution is -0.137. The molecular formula is C12H16N2O4. The second kappa shape index (κ2) is 6.61. The fraction of sp³-hybridized carbons (Fsp3) is 0.333. The van der Waals surface area contributed by atoms with Gasteiger partial charge in [0.05, 0.1) is 13.5 Å². The fourth-order valence-electron chi connectivity index (χ4n) is 1.44. The lowest BCUT2D eigenvalue weighted by Gasteiger charge is -2.09. The molecule has 3 N–H and O–H groups in total. The first-order valence-corrected chi connectivity index (χ1v) is 5.35. The Kier molecular flexibility index (Phi) is 5.13. The highest BCUT2D eigenvalue weighted by atomic mass is 16.7. The van der Waals surface area contributed by atoms with Crippen molar-refractivity contribution in [1.29, 1.82) is 0 Å². The molecule has 0 spiro atoms. The number of hydrogen-bond acceptors (Lipinski definition) is 4. The minimum absolute atomic E-state index is 0.101. The lowest BCUT2D eigenvalue weighted by Crippen LogP contribution is -2.30. The van der Waals surface area contributed by atoms with Gasteiger partial charge < -0.3 is 10.5 Å². The predicted octanol–water partition coefficient (Wildman–Crippen LogP) is 0.0792. The number of rotatable bonds is 6. The van der Waals surface area contributed by atoms with E-state index in [1.807, 2.05) is 19.1 Å². The van der Waals surface area contributed by atoms with E-state index in [4.69, 9.17) is 10.5 Å². The van der Waals surface area contributed by atoms with Crippen molar-refractivity contribution >= 4 is 11.8 Å². The number of nitrogens with one attached hydrogen (secondary N) is 1. The quantitative estimate of drug-likeness (QED) is 0.701. The van der Waals surface area contributed by atoms with Gasteiger partial charge in [0.2, 0.25) is 11.8 Å². The number of amides is 2. The molecule has 0 unspecified atom stereocenters. The molecule has 0 aliphatic carbocycles. The van der Waals surface area contributed by atoms with Crippen molar-refractivity contribution in [1.82, 2.24) is 5.48 Å². The predicted molar refractivity (Wildman–Crippen MR) is 64.7 cm³/mol. The molecule has 1 rings (SSSR count). The topological polar surface area (TPSA) is 90.7 Å². The van der Waals surface area contributed by atoms with Crippen LogP contribution in [-0.2, 0) is 20.8 Å². The van der Waals surface area contributed by atoms with Gasteiger partial charge in [-0.05, 0) is 13.0 Å². The number of benzene rings is 1. The van der Waals surface area contributed by atoms with Crippen LogP contribution in [-0.4, -0.2) is 25.5 Å². The van der Waals surface area contributed by atoms with Crippen LogP contribution in [0, 0.1) is 6.92 Å². The number of carbonyl (C=O) groups excluding carboxylic acids is 2. The highest BCUT2D eigenvalue weighted by Gasteiger charge is 2.09. The summed E-state index contributed by atoms with van der Waals surface area (Å²) in [6, 6.07) is 5.54. The van der Waals surface area contributed by atoms with Gasteiger partial charge in [-0.1, -0.05) is 17.7 Å². The van der Waals surface area contributed by atoms with Gasteiger partial charge in [-0.25, -0.2) is 5.48 Å². The zero-order chi connectivity index (χ0) is 13.5. The van der Waals surface area contributed by atoms with Crippen LogP contribution in [0.3, 0.4) is 0 Å². The van der Waals surface area contributed by atoms with E-state index < -0.39 is 5.91 Å². The van der Waals surface area contributed by atoms with E-state index in [9.17, 15) is 9.59 Å². The third-order valence-electron chi connectivity index (χ3n) is 2.19. The summed E-state index contributed by atoms with van der Waals surface area (Å²) < 4.78 is 5.15. The molecule has 18 heavy (non-hydrogen) atoms. The number of methoxy groups -OCH3 is 1. The Bertz CT molecular complexity index is 446. The highest BCUT2D eigenvalue weighted by Crippen LogP contribution is 2.19. The van der Waals surface area contributed by atoms with Crippen molar-refractivity contribution in [3.63, 3.8) is 0 Å². The normalized spacial score (nSPS) is 9.89. The summed E-state index contributed by atoms with van der Waals surface area (Å²) in [5.74, 6) is -0.394. The van der Waals surface area contributed by atoms with Gasteiger partial charge in [-0.15, -0.1) is 0 Å². The van der Waals surface area contributed by atoms with Crippen LogP contribution in [0.4, 0.5) is 0 Å². The summed E-state index contributed by atoms with van der Waals surface area (Å²) in [6.07, 6.45) is 0.101. The zero-order valence-corrected chi connectivity index (χ0v) is 10.4. The van der Waals surface area contributed by atoms with E-state index in [0.717, 1.165) is 11.1 Å². The molecule has 0 bridgehead atoms. The van der Waals surface area contributed by atoms with Crippen LogP contribution in [0.15, 0.2) is 18.2 Å². The molecule has 1 aromatic rings. The molecule has 6 heteroatoms. The van der Waals surface area contributed by atoms with Gasteiger partial charge in [0.25, 0.3) is 0 Å². The van der Waals surface area contributed by atoms with E-state index in [0.29, 0.717) is 5.75 Å². The maximum Gasteiger partial charge on any atom is 0.248 e. The minimum Gasteiger partial charge on any atom is -0.496 e. The molecule has 0 saturated heterocycles. The van der Waals surface area contributed by atoms with E-state index in [-0.39, 0.29) is 18.9 Å². The lowest BCUT2D eigenvalue weighted by atomic mass is 10.1. The minimum atomic E-state index is -0.650. The summed E-state index contributed by atoms with van der Waals surface area (Å²) in [4.78, 5) is 26.6. The Morgan fingerprint density at radius 1 is 1.39 bits per heavy atom. The number of carbonyl (C=O) groups is 2. The van der Waals surface area contributed by atoms with Crippen LogP contribution < -0.4 is 16.0 Å². The van der Waals surface area contributed by atoms with E-state index in [2.05, 4.69) is 10.3 Å². The van der Waals surface area contributed by atoms with Crippen molar-refractivity contribution in [3.8, 4) is 5.75 Å². The third kappa shape index (κ3) is 4.42. The number of primary amides is 1. The van der Waals surface area contributed by atoms with Crippen LogP contribution in [0.5, 0.6) is 5.75 Å². The second-order valence-corrected chi connectivity index (χ2v) is 3.77. The van der Waals surface area contributed by atoms with Crippen molar-refractivity contribution in [3.05, 3.63) is 29.3 Å². The molecule has 0 radical (unpaired) electrons. The Hall–Kier alpha value is -2.08. The Morgan fingerprint density at radius 3 is 2.72 bits per heavy atom. The summed E-state index contributed by atoms with van der Waals surface area (Å²) in [5.41, 5.74) is 8.77. The average molecular weight is 252 g/mol. The fourth-order valence-corrected chi connectivity index (χ4v) is 1.44. The van der Waals surface area contributed by atoms with Crippen molar-refractivity contribution in [2.75, 3.05) is 13.7 Å². The molecule has 98 valence electrons. The summed E-state index contributed by atoms with van der Waals surface area (Å²) in [5, 5.41) is 0. The molecule has 0 heterocycles. The van der Waals surface area contributed by atoms with Crippen LogP contribution in [0.2, 0.25) is 0 Å². The molecule has 0 saturated carbocycles. The second-order valence-electron chi connectivity index (χ2n) is 3.77. The van der Waals surface area contributed by atoms with E-state index in [1.54, 1.807) is 6.07 Å². The first-order valence-electron chi connectivity index (χ1n) is 5.35. The molecule has 0 atom stereocenters. The molecule has 0 fully saturated rings. The van der Waals surface area contributed by atoms with E-state index in [1.165, 1.54) is 7.11 Å². The molecule has 0 aliphatic rings. The summed E-state index contributed by atoms with van der Waals surface area (Å²) >= 11 is 0. The van der Waals surface area contributed by atoms with Gasteiger partial charge in [-0.3, -0.25) is 14.4 Å². The first kappa shape index (κ1) is 14.0. The van der Waals surface area contributed by atoms with Gasteiger partial charge in [-0.2, -0.15) is 0 Å². The monoisotopic (exact) mass is 252 g/mol. The van der Waals surface area contributed by atoms with Crippen LogP contribution >= 0.6 is 0 Å². The maximum atomic E-state index is 11.5. The van der Waals surface area contributed by atoms with Gasteiger partial charge in [0.15, 0.2) is 6.61 Å². The number of nitrogens with two attached hydrogens (primary N) is 1. The Labute approximate surface area is 105 Å². The third-order valence-corrected chi connectivity index (χ3v) is 2.19. The molecule has 1 aromatic carbocycles. The molecular weight excluding hydrogens is 236 g/mol. The van der Waals surface area contributed by atoms with Crippen molar-refractivity contribution in [2.24, 2.45) is 5.73 Å². The number of ether oxygens (including phenoxy) is 1. The SMILES string of the molecule is COc1ccc(C)cc1CC(=O)NOCC(N)=O. The molecule has 0 aromatic heterocycles. The number of aryl methyl sites for hydroxylation is 1. The number of hydroxylamine groups is 1. The smallest absolute Gasteiger partial charge is 0.248 e. The maximum absolute atomic E-state index is 11.5. The highest BCUT2D eigenvalue weighted by molar-refractivity contribution is 5.79. The van der Waals surface area contributed by atoms with E-state index >= 15 is 0 Å². The standard InChI is InChI=1S/C12H16N2O4/c1-8-3-4-10(17-2)9(5-8)6-12(16)14-18-7-11(13)15/h3-5H,6-7H2,1-2H3,(H2,13,15)(H,14,16). The van der Waals surface area contributed by atoms with Gasteiger partial charge in [0, 0.05) is 5.56 Å². The van der Waals surface area contributed by atoms with Crippen LogP contribution in [0.25, 0.3) is 0 Å².